The van der Waals surface area contributed by atoms with E-state index in [0.717, 1.165) is 0 Å². The van der Waals surface area contributed by atoms with Gasteiger partial charge >= 0.3 is 0 Å². The maximum absolute atomic E-state index is 4.55. The lowest BCUT2D eigenvalue weighted by atomic mass is 10.4. The van der Waals surface area contributed by atoms with E-state index in [2.05, 4.69) is 35.2 Å². The highest BCUT2D eigenvalue weighted by molar-refractivity contribution is 5.82. The maximum Gasteiger partial charge on any atom is 0.223 e. The van der Waals surface area contributed by atoms with E-state index in [1.165, 1.54) is 0 Å². The van der Waals surface area contributed by atoms with Crippen molar-refractivity contribution in [1.82, 2.24) is 20.6 Å². The van der Waals surface area contributed by atoms with Crippen LogP contribution in [0.25, 0.3) is 0 Å². The molecule has 0 unspecified atom stereocenters. The second kappa shape index (κ2) is 1.97. The van der Waals surface area contributed by atoms with Crippen molar-refractivity contribution in [3.05, 3.63) is 0 Å². The molecule has 0 radical (unpaired) electrons. The van der Waals surface area contributed by atoms with Gasteiger partial charge in [-0.1, -0.05) is 0 Å². The van der Waals surface area contributed by atoms with Gasteiger partial charge in [-0.2, -0.15) is 0 Å². The molecule has 66 valence electrons. The Morgan fingerprint density at radius 3 is 2.08 bits per heavy atom. The van der Waals surface area contributed by atoms with Crippen LogP contribution in [-0.4, -0.2) is 27.7 Å². The second-order valence-corrected chi connectivity index (χ2v) is 2.56. The summed E-state index contributed by atoms with van der Waals surface area (Å²) in [5.74, 6) is 2.13. The molecule has 0 fully saturated rings. The number of hydrogen-bond acceptors (Lipinski definition) is 8. The van der Waals surface area contributed by atoms with E-state index in [1.54, 1.807) is 11.9 Å². The largest absolute Gasteiger partial charge is 0.313 e. The van der Waals surface area contributed by atoms with Gasteiger partial charge in [0.15, 0.2) is 0 Å². The zero-order chi connectivity index (χ0) is 8.84. The molecule has 0 aliphatic carbocycles. The van der Waals surface area contributed by atoms with Crippen molar-refractivity contribution in [3.8, 4) is 0 Å². The third-order valence-corrected chi connectivity index (χ3v) is 1.81. The molecule has 0 spiro atoms. The summed E-state index contributed by atoms with van der Waals surface area (Å²) in [5.41, 5.74) is 0. The predicted octanol–water partition coefficient (Wildman–Crippen LogP) is 0.277. The molecule has 0 saturated heterocycles. The van der Waals surface area contributed by atoms with E-state index >= 15 is 0 Å². The van der Waals surface area contributed by atoms with Crippen molar-refractivity contribution in [1.29, 1.82) is 0 Å². The first kappa shape index (κ1) is 6.40. The van der Waals surface area contributed by atoms with E-state index in [0.29, 0.717) is 23.3 Å². The predicted molar refractivity (Wildman–Crippen MR) is 39.9 cm³/mol. The number of rotatable bonds is 0. The number of hydrogen-bond donors (Lipinski definition) is 1. The summed E-state index contributed by atoms with van der Waals surface area (Å²) in [6.07, 6.45) is 0. The second-order valence-electron chi connectivity index (χ2n) is 2.56. The van der Waals surface area contributed by atoms with E-state index in [1.807, 2.05) is 0 Å². The monoisotopic (exact) mass is 180 g/mol. The summed E-state index contributed by atoms with van der Waals surface area (Å²) < 4.78 is 9.10. The lowest BCUT2D eigenvalue weighted by Gasteiger charge is -2.17. The molecule has 0 aromatic carbocycles. The maximum atomic E-state index is 4.55. The van der Waals surface area contributed by atoms with Crippen LogP contribution >= 0.6 is 0 Å². The summed E-state index contributed by atoms with van der Waals surface area (Å²) in [5, 5.41) is 17.5. The Bertz CT molecular complexity index is 407. The SMILES string of the molecule is CN1c2nonc2Nc2nonc21. The number of anilines is 4. The summed E-state index contributed by atoms with van der Waals surface area (Å²) in [6.45, 7) is 0. The highest BCUT2D eigenvalue weighted by atomic mass is 16.6. The topological polar surface area (TPSA) is 93.1 Å². The van der Waals surface area contributed by atoms with Gasteiger partial charge in [-0.3, -0.25) is 0 Å². The molecular formula is C5H4N6O2. The molecule has 0 bridgehead atoms. The van der Waals surface area contributed by atoms with E-state index in [-0.39, 0.29) is 0 Å². The summed E-state index contributed by atoms with van der Waals surface area (Å²) >= 11 is 0. The molecular weight excluding hydrogens is 176 g/mol. The van der Waals surface area contributed by atoms with Gasteiger partial charge in [0.25, 0.3) is 0 Å². The van der Waals surface area contributed by atoms with E-state index < -0.39 is 0 Å². The van der Waals surface area contributed by atoms with Gasteiger partial charge in [0.1, 0.15) is 0 Å². The van der Waals surface area contributed by atoms with Gasteiger partial charge < -0.3 is 10.2 Å². The van der Waals surface area contributed by atoms with E-state index in [4.69, 9.17) is 0 Å². The zero-order valence-corrected chi connectivity index (χ0v) is 6.55. The Kier molecular flexibility index (Phi) is 0.971. The van der Waals surface area contributed by atoms with Crippen molar-refractivity contribution in [2.75, 3.05) is 17.3 Å². The van der Waals surface area contributed by atoms with Gasteiger partial charge in [-0.25, -0.2) is 9.26 Å². The molecule has 1 N–H and O–H groups in total. The highest BCUT2D eigenvalue weighted by Gasteiger charge is 2.28. The van der Waals surface area contributed by atoms with Crippen molar-refractivity contribution in [2.45, 2.75) is 0 Å². The average molecular weight is 180 g/mol. The Morgan fingerprint density at radius 1 is 1.00 bits per heavy atom. The van der Waals surface area contributed by atoms with Crippen LogP contribution in [0.1, 0.15) is 0 Å². The Labute approximate surface area is 71.4 Å². The number of nitrogens with zero attached hydrogens (tertiary/aromatic N) is 5. The molecule has 1 aliphatic rings. The third-order valence-electron chi connectivity index (χ3n) is 1.81. The minimum atomic E-state index is 0.505. The lowest BCUT2D eigenvalue weighted by Crippen LogP contribution is -2.17. The van der Waals surface area contributed by atoms with Crippen molar-refractivity contribution in [2.24, 2.45) is 0 Å². The molecule has 2 aromatic heterocycles. The van der Waals surface area contributed by atoms with Crippen LogP contribution < -0.4 is 10.2 Å². The normalized spacial score (nSPS) is 13.5. The van der Waals surface area contributed by atoms with Crippen LogP contribution in [0.3, 0.4) is 0 Å². The quantitative estimate of drug-likeness (QED) is 0.617. The Morgan fingerprint density at radius 2 is 1.54 bits per heavy atom. The van der Waals surface area contributed by atoms with E-state index in [9.17, 15) is 0 Å². The van der Waals surface area contributed by atoms with Gasteiger partial charge in [-0.15, -0.1) is 0 Å². The third kappa shape index (κ3) is 0.687. The Balaban J connectivity index is 2.21. The van der Waals surface area contributed by atoms with Crippen molar-refractivity contribution >= 4 is 23.3 Å². The van der Waals surface area contributed by atoms with Gasteiger partial charge in [0, 0.05) is 7.05 Å². The Hall–Kier alpha value is -2.12. The summed E-state index contributed by atoms with van der Waals surface area (Å²) in [7, 11) is 1.77. The molecule has 13 heavy (non-hydrogen) atoms. The minimum absolute atomic E-state index is 0.505. The van der Waals surface area contributed by atoms with Crippen LogP contribution in [0.5, 0.6) is 0 Å². The number of aromatic nitrogens is 4. The fourth-order valence-electron chi connectivity index (χ4n) is 1.18. The van der Waals surface area contributed by atoms with Crippen LogP contribution in [-0.2, 0) is 0 Å². The van der Waals surface area contributed by atoms with Gasteiger partial charge in [-0.05, 0) is 20.6 Å². The van der Waals surface area contributed by atoms with Crippen LogP contribution in [0.4, 0.5) is 23.3 Å². The molecule has 0 amide bonds. The molecule has 2 aromatic rings. The summed E-state index contributed by atoms with van der Waals surface area (Å²) in [6, 6.07) is 0. The zero-order valence-electron chi connectivity index (χ0n) is 6.55. The first-order valence-electron chi connectivity index (χ1n) is 3.52. The van der Waals surface area contributed by atoms with Crippen LogP contribution in [0, 0.1) is 0 Å². The summed E-state index contributed by atoms with van der Waals surface area (Å²) in [4.78, 5) is 1.67. The molecule has 3 heterocycles. The number of fused-ring (bicyclic) bond motifs is 2. The highest BCUT2D eigenvalue weighted by Crippen LogP contribution is 2.37. The molecule has 8 heteroatoms. The van der Waals surface area contributed by atoms with Gasteiger partial charge in [0.2, 0.25) is 23.3 Å². The smallest absolute Gasteiger partial charge is 0.223 e. The van der Waals surface area contributed by atoms with Gasteiger partial charge in [0.05, 0.1) is 0 Å². The van der Waals surface area contributed by atoms with Crippen LogP contribution in [0.15, 0.2) is 9.26 Å². The molecule has 1 aliphatic heterocycles. The standard InChI is InChI=1S/C5H4N6O2/c1-11-4-2(7-12-9-4)6-3-5(11)10-13-8-3/h1H3,(H,6,7,8). The molecule has 3 rings (SSSR count). The fraction of sp³-hybridized carbons (Fsp3) is 0.200. The fourth-order valence-corrected chi connectivity index (χ4v) is 1.18. The molecule has 0 saturated carbocycles. The van der Waals surface area contributed by atoms with Crippen molar-refractivity contribution < 1.29 is 9.26 Å². The van der Waals surface area contributed by atoms with Crippen molar-refractivity contribution in [3.63, 3.8) is 0 Å². The first-order valence-corrected chi connectivity index (χ1v) is 3.52. The molecule has 0 atom stereocenters. The first-order chi connectivity index (χ1) is 6.36. The average Bonchev–Trinajstić information content (AvgIpc) is 2.71. The molecule has 8 nitrogen and oxygen atoms in total. The lowest BCUT2D eigenvalue weighted by molar-refractivity contribution is 0.305. The minimum Gasteiger partial charge on any atom is -0.313 e. The van der Waals surface area contributed by atoms with Crippen LogP contribution in [0.2, 0.25) is 0 Å². The number of nitrogens with one attached hydrogen (secondary N) is 1.